The fourth-order valence-corrected chi connectivity index (χ4v) is 2.39. The Balaban J connectivity index is 1.66. The molecule has 0 heterocycles. The highest BCUT2D eigenvalue weighted by Gasteiger charge is 2.26. The Kier molecular flexibility index (Phi) is 5.34. The molecule has 0 unspecified atom stereocenters. The number of benzene rings is 1. The molecule has 6 heteroatoms. The lowest BCUT2D eigenvalue weighted by Gasteiger charge is -2.31. The summed E-state index contributed by atoms with van der Waals surface area (Å²) in [4.78, 5) is 11.6. The number of halogens is 2. The molecule has 0 spiro atoms. The lowest BCUT2D eigenvalue weighted by atomic mass is 9.82. The van der Waals surface area contributed by atoms with E-state index in [2.05, 4.69) is 10.6 Å². The maximum atomic E-state index is 13.6. The predicted octanol–water partition coefficient (Wildman–Crippen LogP) is 1.46. The van der Waals surface area contributed by atoms with Crippen molar-refractivity contribution in [1.82, 2.24) is 10.6 Å². The van der Waals surface area contributed by atoms with Gasteiger partial charge in [-0.05, 0) is 31.4 Å². The molecule has 1 aliphatic carbocycles. The summed E-state index contributed by atoms with van der Waals surface area (Å²) in [5.74, 6) is -0.238. The average molecular weight is 301 g/mol. The van der Waals surface area contributed by atoms with E-state index in [1.165, 1.54) is 6.07 Å². The fraction of sp³-hybridized carbons (Fsp3) is 0.500. The topological polar surface area (TPSA) is 61.4 Å². The molecule has 0 atom stereocenters. The van der Waals surface area contributed by atoms with Gasteiger partial charge in [-0.1, -0.05) is 23.7 Å². The predicted molar refractivity (Wildman–Crippen MR) is 74.9 cm³/mol. The zero-order valence-electron chi connectivity index (χ0n) is 11.0. The molecule has 0 bridgehead atoms. The first-order valence-electron chi connectivity index (χ1n) is 6.64. The number of carbonyl (C=O) groups is 1. The van der Waals surface area contributed by atoms with E-state index in [4.69, 9.17) is 16.7 Å². The largest absolute Gasteiger partial charge is 0.393 e. The van der Waals surface area contributed by atoms with Gasteiger partial charge in [-0.15, -0.1) is 0 Å². The van der Waals surface area contributed by atoms with Gasteiger partial charge in [0.25, 0.3) is 0 Å². The minimum Gasteiger partial charge on any atom is -0.393 e. The van der Waals surface area contributed by atoms with Crippen molar-refractivity contribution >= 4 is 17.5 Å². The summed E-state index contributed by atoms with van der Waals surface area (Å²) in [6.45, 7) is 1.03. The Morgan fingerprint density at radius 3 is 2.90 bits per heavy atom. The summed E-state index contributed by atoms with van der Waals surface area (Å²) in [6, 6.07) is 4.70. The van der Waals surface area contributed by atoms with E-state index in [1.54, 1.807) is 12.1 Å². The zero-order valence-corrected chi connectivity index (χ0v) is 11.8. The van der Waals surface area contributed by atoms with Gasteiger partial charge in [0.05, 0.1) is 17.7 Å². The molecule has 1 saturated carbocycles. The molecule has 0 radical (unpaired) electrons. The van der Waals surface area contributed by atoms with Crippen LogP contribution in [0.5, 0.6) is 0 Å². The van der Waals surface area contributed by atoms with Gasteiger partial charge in [0.2, 0.25) is 5.91 Å². The maximum absolute atomic E-state index is 13.6. The van der Waals surface area contributed by atoms with Gasteiger partial charge in [-0.2, -0.15) is 0 Å². The highest BCUT2D eigenvalue weighted by atomic mass is 35.5. The third kappa shape index (κ3) is 4.16. The average Bonchev–Trinajstić information content (AvgIpc) is 2.38. The molecule has 0 aromatic heterocycles. The lowest BCUT2D eigenvalue weighted by Crippen LogP contribution is -2.40. The van der Waals surface area contributed by atoms with Gasteiger partial charge < -0.3 is 15.7 Å². The monoisotopic (exact) mass is 300 g/mol. The van der Waals surface area contributed by atoms with Crippen molar-refractivity contribution in [3.63, 3.8) is 0 Å². The van der Waals surface area contributed by atoms with Crippen LogP contribution in [0.25, 0.3) is 0 Å². The van der Waals surface area contributed by atoms with Crippen molar-refractivity contribution < 1.29 is 14.3 Å². The van der Waals surface area contributed by atoms with Crippen LogP contribution in [0.3, 0.4) is 0 Å². The summed E-state index contributed by atoms with van der Waals surface area (Å²) in [6.07, 6.45) is 1.41. The molecule has 1 aliphatic rings. The first kappa shape index (κ1) is 15.2. The number of nitrogens with one attached hydrogen (secondary N) is 2. The van der Waals surface area contributed by atoms with Gasteiger partial charge in [-0.3, -0.25) is 4.79 Å². The first-order chi connectivity index (χ1) is 9.56. The van der Waals surface area contributed by atoms with Crippen LogP contribution in [0.2, 0.25) is 5.02 Å². The quantitative estimate of drug-likeness (QED) is 0.745. The molecule has 0 aliphatic heterocycles. The number of hydrogen-bond acceptors (Lipinski definition) is 3. The van der Waals surface area contributed by atoms with Gasteiger partial charge in [0.1, 0.15) is 5.82 Å². The second-order valence-corrected chi connectivity index (χ2v) is 5.52. The summed E-state index contributed by atoms with van der Waals surface area (Å²) in [7, 11) is 0. The number of aliphatic hydroxyl groups is 1. The molecule has 1 aromatic rings. The lowest BCUT2D eigenvalue weighted by molar-refractivity contribution is -0.120. The molecule has 3 N–H and O–H groups in total. The van der Waals surface area contributed by atoms with E-state index >= 15 is 0 Å². The van der Waals surface area contributed by atoms with E-state index in [9.17, 15) is 9.18 Å². The third-order valence-corrected chi connectivity index (χ3v) is 3.73. The second-order valence-electron chi connectivity index (χ2n) is 5.11. The third-order valence-electron chi connectivity index (χ3n) is 3.44. The molecule has 1 aromatic carbocycles. The Bertz CT molecular complexity index is 478. The summed E-state index contributed by atoms with van der Waals surface area (Å²) >= 11 is 5.66. The minimum atomic E-state index is -0.495. The van der Waals surface area contributed by atoms with E-state index in [0.29, 0.717) is 11.5 Å². The molecule has 20 heavy (non-hydrogen) atoms. The number of hydrogen-bond donors (Lipinski definition) is 3. The summed E-state index contributed by atoms with van der Waals surface area (Å²) in [5.41, 5.74) is 0.368. The molecule has 110 valence electrons. The van der Waals surface area contributed by atoms with Crippen molar-refractivity contribution in [2.75, 3.05) is 13.1 Å². The Morgan fingerprint density at radius 1 is 1.45 bits per heavy atom. The standard InChI is InChI=1S/C14H18ClFN2O2/c15-12-3-1-2-10(14(12)16)7-18-13(20)8-17-6-9-4-11(19)5-9/h1-3,9,11,17,19H,4-8H2,(H,18,20)/t9-,11-. The van der Waals surface area contributed by atoms with Crippen LogP contribution in [0.4, 0.5) is 4.39 Å². The van der Waals surface area contributed by atoms with Gasteiger partial charge in [0.15, 0.2) is 0 Å². The summed E-state index contributed by atoms with van der Waals surface area (Å²) in [5, 5.41) is 14.8. The Morgan fingerprint density at radius 2 is 2.20 bits per heavy atom. The van der Waals surface area contributed by atoms with Crippen molar-refractivity contribution in [3.8, 4) is 0 Å². The van der Waals surface area contributed by atoms with Crippen LogP contribution in [-0.4, -0.2) is 30.2 Å². The maximum Gasteiger partial charge on any atom is 0.234 e. The van der Waals surface area contributed by atoms with Crippen LogP contribution in [0, 0.1) is 11.7 Å². The molecular formula is C14H18ClFN2O2. The Hall–Kier alpha value is -1.17. The van der Waals surface area contributed by atoms with Crippen LogP contribution in [-0.2, 0) is 11.3 Å². The molecule has 1 amide bonds. The van der Waals surface area contributed by atoms with Gasteiger partial charge in [-0.25, -0.2) is 4.39 Å². The van der Waals surface area contributed by atoms with E-state index in [0.717, 1.165) is 19.4 Å². The molecule has 0 saturated heterocycles. The van der Waals surface area contributed by atoms with E-state index in [1.807, 2.05) is 0 Å². The van der Waals surface area contributed by atoms with Crippen LogP contribution in [0.1, 0.15) is 18.4 Å². The summed E-state index contributed by atoms with van der Waals surface area (Å²) < 4.78 is 13.6. The molecular weight excluding hydrogens is 283 g/mol. The number of aliphatic hydroxyl groups excluding tert-OH is 1. The van der Waals surface area contributed by atoms with Crippen molar-refractivity contribution in [2.24, 2.45) is 5.92 Å². The first-order valence-corrected chi connectivity index (χ1v) is 7.02. The van der Waals surface area contributed by atoms with Crippen LogP contribution >= 0.6 is 11.6 Å². The fourth-order valence-electron chi connectivity index (χ4n) is 2.20. The normalized spacial score (nSPS) is 21.4. The number of amides is 1. The number of rotatable bonds is 6. The highest BCUT2D eigenvalue weighted by molar-refractivity contribution is 6.30. The number of carbonyl (C=O) groups excluding carboxylic acids is 1. The Labute approximate surface area is 122 Å². The van der Waals surface area contributed by atoms with Crippen molar-refractivity contribution in [2.45, 2.75) is 25.5 Å². The van der Waals surface area contributed by atoms with E-state index in [-0.39, 0.29) is 30.1 Å². The molecule has 2 rings (SSSR count). The SMILES string of the molecule is O=C(CNC[C@H]1C[C@H](O)C1)NCc1cccc(Cl)c1F. The molecule has 1 fully saturated rings. The van der Waals surface area contributed by atoms with Gasteiger partial charge in [0, 0.05) is 12.1 Å². The van der Waals surface area contributed by atoms with Crippen LogP contribution in [0.15, 0.2) is 18.2 Å². The second kappa shape index (κ2) is 7.02. The minimum absolute atomic E-state index is 0.0541. The van der Waals surface area contributed by atoms with Crippen molar-refractivity contribution in [1.29, 1.82) is 0 Å². The zero-order chi connectivity index (χ0) is 14.5. The smallest absolute Gasteiger partial charge is 0.234 e. The van der Waals surface area contributed by atoms with Crippen LogP contribution < -0.4 is 10.6 Å². The molecule has 4 nitrogen and oxygen atoms in total. The van der Waals surface area contributed by atoms with Gasteiger partial charge >= 0.3 is 0 Å². The highest BCUT2D eigenvalue weighted by Crippen LogP contribution is 2.25. The van der Waals surface area contributed by atoms with Crippen molar-refractivity contribution in [3.05, 3.63) is 34.6 Å². The van der Waals surface area contributed by atoms with E-state index < -0.39 is 5.82 Å².